The average molecular weight is 521 g/mol. The molecule has 1 N–H and O–H groups in total. The van der Waals surface area contributed by atoms with Crippen molar-refractivity contribution in [3.05, 3.63) is 59.9 Å². The maximum absolute atomic E-state index is 14.3. The summed E-state index contributed by atoms with van der Waals surface area (Å²) in [5.74, 6) is 1.30. The van der Waals surface area contributed by atoms with Crippen LogP contribution < -0.4 is 15.0 Å². The van der Waals surface area contributed by atoms with Gasteiger partial charge in [0, 0.05) is 24.8 Å². The van der Waals surface area contributed by atoms with Crippen molar-refractivity contribution >= 4 is 17.6 Å². The van der Waals surface area contributed by atoms with E-state index in [4.69, 9.17) is 9.73 Å². The largest absolute Gasteiger partial charge is 0.488 e. The van der Waals surface area contributed by atoms with Gasteiger partial charge in [-0.05, 0) is 89.3 Å². The molecule has 2 heterocycles. The van der Waals surface area contributed by atoms with Gasteiger partial charge in [0.1, 0.15) is 28.5 Å². The summed E-state index contributed by atoms with van der Waals surface area (Å²) in [5, 5.41) is 3.12. The van der Waals surface area contributed by atoms with Crippen LogP contribution in [0.3, 0.4) is 0 Å². The average Bonchev–Trinajstić information content (AvgIpc) is 3.10. The number of piperidine rings is 1. The summed E-state index contributed by atoms with van der Waals surface area (Å²) >= 11 is 0. The van der Waals surface area contributed by atoms with Crippen LogP contribution in [0.25, 0.3) is 0 Å². The molecule has 38 heavy (non-hydrogen) atoms. The number of hydrogen-bond donors (Lipinski definition) is 1. The Kier molecular flexibility index (Phi) is 7.49. The molecule has 7 heteroatoms. The molecule has 3 fully saturated rings. The fourth-order valence-corrected chi connectivity index (χ4v) is 6.32. The van der Waals surface area contributed by atoms with E-state index in [1.165, 1.54) is 37.0 Å². The van der Waals surface area contributed by atoms with Gasteiger partial charge in [-0.2, -0.15) is 0 Å². The Morgan fingerprint density at radius 2 is 1.87 bits per heavy atom. The first-order valence-corrected chi connectivity index (χ1v) is 14.1. The molecule has 0 aromatic heterocycles. The van der Waals surface area contributed by atoms with Crippen molar-refractivity contribution < 1.29 is 13.9 Å². The van der Waals surface area contributed by atoms with Crippen LogP contribution in [0.4, 0.5) is 14.9 Å². The summed E-state index contributed by atoms with van der Waals surface area (Å²) in [5.41, 5.74) is 0.937. The van der Waals surface area contributed by atoms with Crippen molar-refractivity contribution in [2.45, 2.75) is 102 Å². The predicted molar refractivity (Wildman–Crippen MR) is 150 cm³/mol. The third-order valence-electron chi connectivity index (χ3n) is 8.03. The number of carbonyl (C=O) groups excluding carboxylic acids is 1. The first-order chi connectivity index (χ1) is 18.1. The highest BCUT2D eigenvalue weighted by molar-refractivity contribution is 6.19. The second kappa shape index (κ2) is 10.7. The molecule has 2 aromatic carbocycles. The van der Waals surface area contributed by atoms with Crippen LogP contribution in [0.15, 0.2) is 53.5 Å². The Bertz CT molecular complexity index is 1190. The lowest BCUT2D eigenvalue weighted by Crippen LogP contribution is -2.59. The number of amidine groups is 1. The van der Waals surface area contributed by atoms with Crippen molar-refractivity contribution in [3.8, 4) is 5.75 Å². The Balaban J connectivity index is 1.41. The highest BCUT2D eigenvalue weighted by atomic mass is 19.1. The number of ether oxygens (including phenoxy) is 1. The lowest BCUT2D eigenvalue weighted by Gasteiger charge is -2.47. The number of hydrogen-bond acceptors (Lipinski definition) is 4. The quantitative estimate of drug-likeness (QED) is 0.478. The van der Waals surface area contributed by atoms with E-state index in [0.29, 0.717) is 5.69 Å². The van der Waals surface area contributed by atoms with Crippen LogP contribution in [0.2, 0.25) is 0 Å². The molecular formula is C31H41FN4O2. The molecule has 204 valence electrons. The van der Waals surface area contributed by atoms with Crippen molar-refractivity contribution in [2.24, 2.45) is 4.99 Å². The maximum atomic E-state index is 14.3. The number of benzene rings is 2. The molecule has 0 unspecified atom stereocenters. The molecule has 1 spiro atoms. The number of carbonyl (C=O) groups is 1. The van der Waals surface area contributed by atoms with E-state index in [-0.39, 0.29) is 29.5 Å². The summed E-state index contributed by atoms with van der Waals surface area (Å²) in [6, 6.07) is 14.9. The minimum atomic E-state index is -0.602. The van der Waals surface area contributed by atoms with Gasteiger partial charge in [-0.25, -0.2) is 9.18 Å². The van der Waals surface area contributed by atoms with Crippen LogP contribution in [-0.4, -0.2) is 46.5 Å². The predicted octanol–water partition coefficient (Wildman–Crippen LogP) is 6.69. The van der Waals surface area contributed by atoms with E-state index >= 15 is 0 Å². The van der Waals surface area contributed by atoms with Gasteiger partial charge in [0.2, 0.25) is 0 Å². The zero-order valence-electron chi connectivity index (χ0n) is 23.2. The van der Waals surface area contributed by atoms with Gasteiger partial charge in [-0.1, -0.05) is 37.5 Å². The molecule has 3 aliphatic rings. The number of nitrogens with one attached hydrogen (secondary N) is 1. The molecule has 2 aromatic rings. The first-order valence-electron chi connectivity index (χ1n) is 14.1. The summed E-state index contributed by atoms with van der Waals surface area (Å²) in [4.78, 5) is 22.8. The summed E-state index contributed by atoms with van der Waals surface area (Å²) in [7, 11) is 0. The van der Waals surface area contributed by atoms with Gasteiger partial charge >= 0.3 is 6.03 Å². The molecule has 6 nitrogen and oxygen atoms in total. The first kappa shape index (κ1) is 26.7. The molecule has 0 bridgehead atoms. The number of likely N-dealkylation sites (tertiary alicyclic amines) is 1. The lowest BCUT2D eigenvalue weighted by atomic mass is 9.81. The molecule has 2 saturated heterocycles. The SMILES string of the molecule is C[C@@H]1C[C@@]2(CCN1Cc1cccc(OC(C)(C)C)c1)C(=NC1CCCCC1)NC(=O)N2c1cccc(F)c1. The smallest absolute Gasteiger partial charge is 0.328 e. The summed E-state index contributed by atoms with van der Waals surface area (Å²) < 4.78 is 20.4. The van der Waals surface area contributed by atoms with Gasteiger partial charge in [0.05, 0.1) is 6.04 Å². The Morgan fingerprint density at radius 3 is 2.58 bits per heavy atom. The zero-order chi connectivity index (χ0) is 26.9. The van der Waals surface area contributed by atoms with Crippen LogP contribution in [0.1, 0.15) is 78.2 Å². The number of anilines is 1. The number of amides is 2. The van der Waals surface area contributed by atoms with E-state index in [0.717, 1.165) is 50.4 Å². The Morgan fingerprint density at radius 1 is 1.11 bits per heavy atom. The number of nitrogens with zero attached hydrogens (tertiary/aromatic N) is 3. The van der Waals surface area contributed by atoms with E-state index in [9.17, 15) is 9.18 Å². The lowest BCUT2D eigenvalue weighted by molar-refractivity contribution is 0.121. The number of rotatable bonds is 5. The normalized spacial score (nSPS) is 26.2. The van der Waals surface area contributed by atoms with E-state index in [2.05, 4.69) is 50.0 Å². The van der Waals surface area contributed by atoms with Crippen molar-refractivity contribution in [1.29, 1.82) is 0 Å². The van der Waals surface area contributed by atoms with Gasteiger partial charge in [-0.3, -0.25) is 20.1 Å². The standard InChI is InChI=1S/C31H41FN4O2/c1-22-20-31(16-17-35(22)21-23-10-8-15-27(18-23)38-30(2,3)4)28(33-25-12-6-5-7-13-25)34-29(37)36(31)26-14-9-11-24(32)19-26/h8-11,14-15,18-19,22,25H,5-7,12-13,16-17,20-21H2,1-4H3,(H,33,34,37)/t22-,31+/m1/s1. The fraction of sp³-hybridized carbons (Fsp3) is 0.548. The maximum Gasteiger partial charge on any atom is 0.328 e. The van der Waals surface area contributed by atoms with Crippen molar-refractivity contribution in [3.63, 3.8) is 0 Å². The molecular weight excluding hydrogens is 479 g/mol. The highest BCUT2D eigenvalue weighted by Gasteiger charge is 2.54. The topological polar surface area (TPSA) is 57.2 Å². The van der Waals surface area contributed by atoms with Gasteiger partial charge in [-0.15, -0.1) is 0 Å². The van der Waals surface area contributed by atoms with Crippen LogP contribution in [0.5, 0.6) is 5.75 Å². The number of aliphatic imine (C=N–C) groups is 1. The second-order valence-corrected chi connectivity index (χ2v) is 12.2. The van der Waals surface area contributed by atoms with E-state index < -0.39 is 5.54 Å². The monoisotopic (exact) mass is 520 g/mol. The molecule has 2 amide bonds. The number of urea groups is 1. The summed E-state index contributed by atoms with van der Waals surface area (Å²) in [6.45, 7) is 9.99. The summed E-state index contributed by atoms with van der Waals surface area (Å²) in [6.07, 6.45) is 7.19. The zero-order valence-corrected chi connectivity index (χ0v) is 23.2. The number of halogens is 1. The third-order valence-corrected chi connectivity index (χ3v) is 8.03. The molecule has 1 aliphatic carbocycles. The third kappa shape index (κ3) is 5.73. The van der Waals surface area contributed by atoms with Crippen LogP contribution in [0, 0.1) is 5.82 Å². The van der Waals surface area contributed by atoms with Gasteiger partial charge in [0.25, 0.3) is 0 Å². The molecule has 2 atom stereocenters. The minimum absolute atomic E-state index is 0.191. The molecule has 1 saturated carbocycles. The molecule has 0 radical (unpaired) electrons. The van der Waals surface area contributed by atoms with Crippen LogP contribution in [-0.2, 0) is 6.54 Å². The van der Waals surface area contributed by atoms with Crippen LogP contribution >= 0.6 is 0 Å². The van der Waals surface area contributed by atoms with Crippen molar-refractivity contribution in [1.82, 2.24) is 10.2 Å². The molecule has 2 aliphatic heterocycles. The molecule has 5 rings (SSSR count). The van der Waals surface area contributed by atoms with Crippen molar-refractivity contribution in [2.75, 3.05) is 11.4 Å². The second-order valence-electron chi connectivity index (χ2n) is 12.2. The fourth-order valence-electron chi connectivity index (χ4n) is 6.32. The van der Waals surface area contributed by atoms with E-state index in [1.807, 2.05) is 18.2 Å². The van der Waals surface area contributed by atoms with Gasteiger partial charge in [0.15, 0.2) is 0 Å². The van der Waals surface area contributed by atoms with Gasteiger partial charge < -0.3 is 4.74 Å². The Hall–Kier alpha value is -2.93. The van der Waals surface area contributed by atoms with E-state index in [1.54, 1.807) is 11.0 Å². The highest BCUT2D eigenvalue weighted by Crippen LogP contribution is 2.41. The minimum Gasteiger partial charge on any atom is -0.488 e. The Labute approximate surface area is 226 Å².